The summed E-state index contributed by atoms with van der Waals surface area (Å²) in [5, 5.41) is 3.45. The van der Waals surface area contributed by atoms with Gasteiger partial charge in [0.25, 0.3) is 0 Å². The number of anilines is 1. The van der Waals surface area contributed by atoms with E-state index in [1.165, 1.54) is 25.7 Å². The molecule has 0 radical (unpaired) electrons. The van der Waals surface area contributed by atoms with Crippen LogP contribution in [0.1, 0.15) is 31.5 Å². The lowest BCUT2D eigenvalue weighted by molar-refractivity contribution is -0.144. The van der Waals surface area contributed by atoms with Gasteiger partial charge in [0.05, 0.1) is 0 Å². The minimum Gasteiger partial charge on any atom is -0.357 e. The van der Waals surface area contributed by atoms with Crippen LogP contribution in [0.5, 0.6) is 0 Å². The molecule has 2 aliphatic carbocycles. The molecule has 1 aromatic heterocycles. The van der Waals surface area contributed by atoms with Crippen LogP contribution in [0.3, 0.4) is 0 Å². The molecule has 0 amide bonds. The lowest BCUT2D eigenvalue weighted by Crippen LogP contribution is -2.24. The van der Waals surface area contributed by atoms with Gasteiger partial charge in [-0.2, -0.15) is 22.5 Å². The molecule has 0 unspecified atom stereocenters. The molecule has 0 spiro atoms. The summed E-state index contributed by atoms with van der Waals surface area (Å²) in [6.07, 6.45) is 0.279. The maximum Gasteiger partial charge on any atom is 0.452 e. The van der Waals surface area contributed by atoms with E-state index in [-0.39, 0.29) is 0 Å². The zero-order valence-corrected chi connectivity index (χ0v) is 9.81. The number of halogens is 3. The minimum absolute atomic E-state index is 0.307. The van der Waals surface area contributed by atoms with Gasteiger partial charge in [-0.3, -0.25) is 0 Å². The minimum atomic E-state index is -4.44. The van der Waals surface area contributed by atoms with Gasteiger partial charge in [-0.15, -0.1) is 0 Å². The van der Waals surface area contributed by atoms with E-state index >= 15 is 0 Å². The van der Waals surface area contributed by atoms with Gasteiger partial charge in [0.1, 0.15) is 0 Å². The Balaban J connectivity index is 1.69. The standard InChI is InChI=1S/C10H12F3N3S/c11-10(12,13)8-15-9(17-16-8)14-7(5-1-2-5)6-3-4-6/h5-7H,1-4H2,(H,14,15,16). The summed E-state index contributed by atoms with van der Waals surface area (Å²) in [4.78, 5) is 3.51. The molecule has 1 heterocycles. The molecule has 1 aromatic rings. The van der Waals surface area contributed by atoms with Gasteiger partial charge in [0.2, 0.25) is 11.0 Å². The Bertz CT molecular complexity index is 397. The molecular weight excluding hydrogens is 251 g/mol. The predicted molar refractivity (Wildman–Crippen MR) is 57.8 cm³/mol. The zero-order chi connectivity index (χ0) is 12.0. The van der Waals surface area contributed by atoms with Crippen molar-refractivity contribution in [3.8, 4) is 0 Å². The van der Waals surface area contributed by atoms with Crippen molar-refractivity contribution in [1.29, 1.82) is 0 Å². The Labute approximate surface area is 101 Å². The molecule has 3 nitrogen and oxygen atoms in total. The Kier molecular flexibility index (Phi) is 2.53. The van der Waals surface area contributed by atoms with Crippen molar-refractivity contribution in [3.05, 3.63) is 5.82 Å². The molecular formula is C10H12F3N3S. The van der Waals surface area contributed by atoms with E-state index in [0.717, 1.165) is 11.5 Å². The summed E-state index contributed by atoms with van der Waals surface area (Å²) < 4.78 is 40.3. The Morgan fingerprint density at radius 2 is 1.76 bits per heavy atom. The molecule has 3 rings (SSSR count). The van der Waals surface area contributed by atoms with Crippen LogP contribution in [0.15, 0.2) is 0 Å². The summed E-state index contributed by atoms with van der Waals surface area (Å²) >= 11 is 0.803. The fourth-order valence-corrected chi connectivity index (χ4v) is 2.70. The van der Waals surface area contributed by atoms with E-state index in [1.807, 2.05) is 0 Å². The second-order valence-corrected chi connectivity index (χ2v) is 5.52. The normalized spacial score (nSPS) is 20.9. The third kappa shape index (κ3) is 2.53. The summed E-state index contributed by atoms with van der Waals surface area (Å²) in [5.74, 6) is 0.219. The third-order valence-electron chi connectivity index (χ3n) is 3.23. The lowest BCUT2D eigenvalue weighted by Gasteiger charge is -2.16. The summed E-state index contributed by atoms with van der Waals surface area (Å²) in [5.41, 5.74) is 0. The molecule has 7 heteroatoms. The second kappa shape index (κ2) is 3.83. The van der Waals surface area contributed by atoms with E-state index in [2.05, 4.69) is 14.7 Å². The molecule has 0 aromatic carbocycles. The molecule has 0 bridgehead atoms. The maximum absolute atomic E-state index is 12.3. The maximum atomic E-state index is 12.3. The number of hydrogen-bond donors (Lipinski definition) is 1. The van der Waals surface area contributed by atoms with Crippen molar-refractivity contribution >= 4 is 16.7 Å². The Hall–Kier alpha value is -0.850. The van der Waals surface area contributed by atoms with Crippen molar-refractivity contribution in [3.63, 3.8) is 0 Å². The van der Waals surface area contributed by atoms with Gasteiger partial charge in [-0.25, -0.2) is 0 Å². The van der Waals surface area contributed by atoms with Crippen LogP contribution in [0, 0.1) is 11.8 Å². The van der Waals surface area contributed by atoms with E-state index in [1.54, 1.807) is 0 Å². The van der Waals surface area contributed by atoms with Crippen molar-refractivity contribution < 1.29 is 13.2 Å². The van der Waals surface area contributed by atoms with Crippen molar-refractivity contribution in [1.82, 2.24) is 9.36 Å². The van der Waals surface area contributed by atoms with Gasteiger partial charge in [0, 0.05) is 17.6 Å². The lowest BCUT2D eigenvalue weighted by atomic mass is 10.1. The van der Waals surface area contributed by atoms with E-state index in [4.69, 9.17) is 0 Å². The number of hydrogen-bond acceptors (Lipinski definition) is 4. The quantitative estimate of drug-likeness (QED) is 0.906. The van der Waals surface area contributed by atoms with Crippen LogP contribution in [0.2, 0.25) is 0 Å². The van der Waals surface area contributed by atoms with Crippen molar-refractivity contribution in [2.75, 3.05) is 5.32 Å². The number of rotatable bonds is 4. The van der Waals surface area contributed by atoms with Crippen LogP contribution in [-0.2, 0) is 6.18 Å². The van der Waals surface area contributed by atoms with Crippen molar-refractivity contribution in [2.45, 2.75) is 37.9 Å². The number of nitrogens with one attached hydrogen (secondary N) is 1. The molecule has 2 saturated carbocycles. The average molecular weight is 263 g/mol. The Morgan fingerprint density at radius 3 is 2.18 bits per heavy atom. The number of aromatic nitrogens is 2. The first-order valence-electron chi connectivity index (χ1n) is 5.71. The first-order chi connectivity index (χ1) is 8.04. The fourth-order valence-electron chi connectivity index (χ4n) is 2.07. The first kappa shape index (κ1) is 11.3. The fraction of sp³-hybridized carbons (Fsp3) is 0.800. The zero-order valence-electron chi connectivity index (χ0n) is 9.00. The molecule has 94 valence electrons. The van der Waals surface area contributed by atoms with E-state index in [9.17, 15) is 13.2 Å². The summed E-state index contributed by atoms with van der Waals surface area (Å²) in [6.45, 7) is 0. The molecule has 0 aliphatic heterocycles. The molecule has 2 aliphatic rings. The predicted octanol–water partition coefficient (Wildman–Crippen LogP) is 3.16. The molecule has 2 fully saturated rings. The Morgan fingerprint density at radius 1 is 1.18 bits per heavy atom. The summed E-state index contributed by atoms with van der Waals surface area (Å²) in [7, 11) is 0. The van der Waals surface area contributed by atoms with Crippen molar-refractivity contribution in [2.24, 2.45) is 11.8 Å². The second-order valence-electron chi connectivity index (χ2n) is 4.77. The average Bonchev–Trinajstić information content (AvgIpc) is 3.14. The first-order valence-corrected chi connectivity index (χ1v) is 6.49. The third-order valence-corrected chi connectivity index (χ3v) is 3.88. The SMILES string of the molecule is FC(F)(F)c1nsc(NC(C2CC2)C2CC2)n1. The highest BCUT2D eigenvalue weighted by atomic mass is 32.1. The number of alkyl halides is 3. The number of nitrogens with zero attached hydrogens (tertiary/aromatic N) is 2. The highest BCUT2D eigenvalue weighted by Gasteiger charge is 2.42. The topological polar surface area (TPSA) is 37.8 Å². The van der Waals surface area contributed by atoms with E-state index in [0.29, 0.717) is 23.0 Å². The van der Waals surface area contributed by atoms with Gasteiger partial charge in [-0.1, -0.05) is 0 Å². The largest absolute Gasteiger partial charge is 0.452 e. The molecule has 0 atom stereocenters. The molecule has 17 heavy (non-hydrogen) atoms. The monoisotopic (exact) mass is 263 g/mol. The highest BCUT2D eigenvalue weighted by molar-refractivity contribution is 7.09. The molecule has 1 N–H and O–H groups in total. The van der Waals surface area contributed by atoms with Crippen LogP contribution in [-0.4, -0.2) is 15.4 Å². The van der Waals surface area contributed by atoms with Crippen LogP contribution < -0.4 is 5.32 Å². The highest BCUT2D eigenvalue weighted by Crippen LogP contribution is 2.46. The van der Waals surface area contributed by atoms with Crippen LogP contribution in [0.25, 0.3) is 0 Å². The van der Waals surface area contributed by atoms with Crippen LogP contribution >= 0.6 is 11.5 Å². The van der Waals surface area contributed by atoms with Gasteiger partial charge in [0.15, 0.2) is 0 Å². The summed E-state index contributed by atoms with van der Waals surface area (Å²) in [6, 6.07) is 0.309. The van der Waals surface area contributed by atoms with Gasteiger partial charge in [-0.05, 0) is 37.5 Å². The van der Waals surface area contributed by atoms with E-state index < -0.39 is 12.0 Å². The smallest absolute Gasteiger partial charge is 0.357 e. The van der Waals surface area contributed by atoms with Crippen LogP contribution in [0.4, 0.5) is 18.3 Å². The molecule has 0 saturated heterocycles. The van der Waals surface area contributed by atoms with Gasteiger partial charge >= 0.3 is 6.18 Å². The van der Waals surface area contributed by atoms with Gasteiger partial charge < -0.3 is 5.32 Å².